The van der Waals surface area contributed by atoms with Crippen molar-refractivity contribution in [1.82, 2.24) is 0 Å². The molecule has 13 rings (SSSR count). The average molecular weight is 768 g/mol. The Kier molecular flexibility index (Phi) is 5.18. The summed E-state index contributed by atoms with van der Waals surface area (Å²) in [5, 5.41) is 12.9. The summed E-state index contributed by atoms with van der Waals surface area (Å²) in [6.45, 7) is 0. The number of rotatable bonds is 5. The highest BCUT2D eigenvalue weighted by Gasteiger charge is 2.16. The van der Waals surface area contributed by atoms with Gasteiger partial charge in [0, 0.05) is 0 Å². The molecule has 0 spiro atoms. The molecule has 0 atom stereocenters. The van der Waals surface area contributed by atoms with E-state index in [-0.39, 0.29) is 75.2 Å². The molecular formula is C60H36. The maximum Gasteiger partial charge on any atom is 0.0636 e. The van der Waals surface area contributed by atoms with Crippen molar-refractivity contribution >= 4 is 75.4 Å². The monoisotopic (exact) mass is 767 g/mol. The Hall–Kier alpha value is -7.80. The van der Waals surface area contributed by atoms with Crippen LogP contribution in [0, 0.1) is 0 Å². The normalized spacial score (nSPS) is 14.6. The van der Waals surface area contributed by atoms with Gasteiger partial charge in [0.25, 0.3) is 0 Å². The Morgan fingerprint density at radius 1 is 0.250 bits per heavy atom. The van der Waals surface area contributed by atoms with Crippen LogP contribution in [0.2, 0.25) is 0 Å². The summed E-state index contributed by atoms with van der Waals surface area (Å²) in [7, 11) is 0. The second kappa shape index (κ2) is 12.9. The van der Waals surface area contributed by atoms with Crippen molar-refractivity contribution in [2.45, 2.75) is 0 Å². The molecule has 0 heteroatoms. The van der Waals surface area contributed by atoms with Crippen LogP contribution in [0.3, 0.4) is 0 Å². The Morgan fingerprint density at radius 2 is 0.617 bits per heavy atom. The van der Waals surface area contributed by atoms with Gasteiger partial charge in [-0.1, -0.05) is 182 Å². The zero-order valence-electron chi connectivity index (χ0n) is 42.9. The average Bonchev–Trinajstić information content (AvgIpc) is 3.38. The van der Waals surface area contributed by atoms with E-state index < -0.39 is 30.2 Å². The van der Waals surface area contributed by atoms with Gasteiger partial charge < -0.3 is 0 Å². The van der Waals surface area contributed by atoms with Crippen molar-refractivity contribution in [2.75, 3.05) is 0 Å². The van der Waals surface area contributed by atoms with Crippen molar-refractivity contribution in [3.63, 3.8) is 0 Å². The highest BCUT2D eigenvalue weighted by Crippen LogP contribution is 2.43. The van der Waals surface area contributed by atoms with E-state index in [4.69, 9.17) is 0 Å². The molecule has 0 unspecified atom stereocenters. The van der Waals surface area contributed by atoms with E-state index in [0.29, 0.717) is 16.7 Å². The van der Waals surface area contributed by atoms with Crippen LogP contribution in [-0.2, 0) is 0 Å². The van der Waals surface area contributed by atoms with Crippen LogP contribution in [0.5, 0.6) is 0 Å². The van der Waals surface area contributed by atoms with Gasteiger partial charge in [-0.25, -0.2) is 0 Å². The highest BCUT2D eigenvalue weighted by atomic mass is 14.2. The van der Waals surface area contributed by atoms with E-state index in [1.807, 2.05) is 121 Å². The van der Waals surface area contributed by atoms with Gasteiger partial charge in [0.15, 0.2) is 0 Å². The summed E-state index contributed by atoms with van der Waals surface area (Å²) in [4.78, 5) is 0. The molecule has 0 saturated carbocycles. The fraction of sp³-hybridized carbons (Fsp3) is 0. The molecule has 0 saturated heterocycles. The molecule has 0 aliphatic heterocycles. The molecule has 276 valence electrons. The smallest absolute Gasteiger partial charge is 0.0616 e. The first-order valence-corrected chi connectivity index (χ1v) is 20.0. The van der Waals surface area contributed by atoms with Crippen LogP contribution >= 0.6 is 0 Å². The zero-order chi connectivity index (χ0) is 48.9. The van der Waals surface area contributed by atoms with Crippen molar-refractivity contribution in [2.24, 2.45) is 0 Å². The van der Waals surface area contributed by atoms with E-state index in [0.717, 1.165) is 75.4 Å². The number of hydrogen-bond donors (Lipinski definition) is 0. The van der Waals surface area contributed by atoms with Gasteiger partial charge in [0.05, 0.1) is 15.1 Å². The molecule has 0 aromatic heterocycles. The van der Waals surface area contributed by atoms with Gasteiger partial charge in [-0.05, 0) is 167 Å². The molecule has 0 bridgehead atoms. The Labute approximate surface area is 363 Å². The topological polar surface area (TPSA) is 0 Å². The molecule has 13 aromatic rings. The van der Waals surface area contributed by atoms with E-state index in [1.54, 1.807) is 18.2 Å². The fourth-order valence-electron chi connectivity index (χ4n) is 9.32. The van der Waals surface area contributed by atoms with E-state index in [9.17, 15) is 15.1 Å². The molecule has 60 heavy (non-hydrogen) atoms. The molecule has 0 N–H and O–H groups in total. The molecule has 0 aliphatic rings. The standard InChI is InChI=1S/C60H36/c1-2-8-44-31-47(22-17-37(44)7-1)52-35-50(45-13-5-15-48(32-45)53-27-23-42-20-18-38-9-3-11-40-25-29-55(53)59(42)57(38)40)34-51(36-52)46-14-6-16-49(33-46)54-28-24-43-21-19-39-10-4-12-41-26-30-56(54)60(43)58(39)41/h1-36H/i5D,6D,13D,14D,15D,16D,32D,33D,34D,35D,36D. The largest absolute Gasteiger partial charge is 0.0636 e. The summed E-state index contributed by atoms with van der Waals surface area (Å²) in [5.74, 6) is 0. The predicted octanol–water partition coefficient (Wildman–Crippen LogP) is 17.0. The first kappa shape index (κ1) is 24.2. The fourth-order valence-corrected chi connectivity index (χ4v) is 9.32. The number of fused-ring (bicyclic) bond motifs is 1. The summed E-state index contributed by atoms with van der Waals surface area (Å²) in [6.07, 6.45) is 0. The SMILES string of the molecule is [2H]c1c([2H])c(-c2c([2H])c(-c3ccc4ccccc4c3)c([2H])c(-c3c([2H])c([2H])c([2H])c(-c4ccc5ccc6cccc7ccc4c5c67)c3[2H])c2[2H])c([2H])c(-c2ccc3ccc4cccc5ccc2c3c45)c1[2H]. The van der Waals surface area contributed by atoms with Gasteiger partial charge in [-0.2, -0.15) is 0 Å². The molecule has 0 heterocycles. The highest BCUT2D eigenvalue weighted by molar-refractivity contribution is 6.26. The van der Waals surface area contributed by atoms with Crippen molar-refractivity contribution < 1.29 is 15.1 Å². The van der Waals surface area contributed by atoms with Crippen LogP contribution in [0.4, 0.5) is 0 Å². The minimum absolute atomic E-state index is 0.00845. The van der Waals surface area contributed by atoms with Crippen molar-refractivity contribution in [3.05, 3.63) is 218 Å². The molecule has 0 aliphatic carbocycles. The Balaban J connectivity index is 1.13. The van der Waals surface area contributed by atoms with Crippen LogP contribution in [0.25, 0.3) is 131 Å². The minimum Gasteiger partial charge on any atom is -0.0616 e. The molecular weight excluding hydrogens is 721 g/mol. The molecule has 0 nitrogen and oxygen atoms in total. The first-order valence-electron chi connectivity index (χ1n) is 25.5. The van der Waals surface area contributed by atoms with E-state index in [1.165, 1.54) is 0 Å². The van der Waals surface area contributed by atoms with Crippen molar-refractivity contribution in [1.29, 1.82) is 0 Å². The third-order valence-corrected chi connectivity index (χ3v) is 12.1. The molecule has 0 amide bonds. The van der Waals surface area contributed by atoms with Gasteiger partial charge in [-0.3, -0.25) is 0 Å². The Bertz CT molecular complexity index is 4210. The maximum absolute atomic E-state index is 10.1. The van der Waals surface area contributed by atoms with Gasteiger partial charge >= 0.3 is 0 Å². The molecule has 0 fully saturated rings. The van der Waals surface area contributed by atoms with E-state index >= 15 is 0 Å². The lowest BCUT2D eigenvalue weighted by molar-refractivity contribution is 1.56. The minimum atomic E-state index is -0.564. The predicted molar refractivity (Wildman–Crippen MR) is 259 cm³/mol. The second-order valence-corrected chi connectivity index (χ2v) is 15.5. The first-order chi connectivity index (χ1) is 34.3. The van der Waals surface area contributed by atoms with Gasteiger partial charge in [0.1, 0.15) is 0 Å². The summed E-state index contributed by atoms with van der Waals surface area (Å²) < 4.78 is 107. The lowest BCUT2D eigenvalue weighted by atomic mass is 9.87. The molecule has 0 radical (unpaired) electrons. The van der Waals surface area contributed by atoms with Gasteiger partial charge in [0.2, 0.25) is 0 Å². The quantitative estimate of drug-likeness (QED) is 0.153. The summed E-state index contributed by atoms with van der Waals surface area (Å²) >= 11 is 0. The number of hydrogen-bond acceptors (Lipinski definition) is 0. The summed E-state index contributed by atoms with van der Waals surface area (Å²) in [6, 6.07) is 43.6. The maximum atomic E-state index is 10.1. The van der Waals surface area contributed by atoms with Crippen molar-refractivity contribution in [3.8, 4) is 55.6 Å². The third-order valence-electron chi connectivity index (χ3n) is 12.1. The van der Waals surface area contributed by atoms with Crippen LogP contribution in [0.15, 0.2) is 218 Å². The van der Waals surface area contributed by atoms with E-state index in [2.05, 4.69) is 12.1 Å². The van der Waals surface area contributed by atoms with Crippen LogP contribution < -0.4 is 0 Å². The molecule has 13 aromatic carbocycles. The second-order valence-electron chi connectivity index (χ2n) is 15.5. The third kappa shape index (κ3) is 5.11. The summed E-state index contributed by atoms with van der Waals surface area (Å²) in [5.41, 5.74) is 0.257. The number of benzene rings is 13. The van der Waals surface area contributed by atoms with Crippen LogP contribution in [-0.4, -0.2) is 0 Å². The lowest BCUT2D eigenvalue weighted by Crippen LogP contribution is -1.90. The Morgan fingerprint density at radius 3 is 1.13 bits per heavy atom. The zero-order valence-corrected chi connectivity index (χ0v) is 31.9. The van der Waals surface area contributed by atoms with Gasteiger partial charge in [-0.15, -0.1) is 0 Å². The lowest BCUT2D eigenvalue weighted by Gasteiger charge is -2.16. The van der Waals surface area contributed by atoms with Crippen LogP contribution in [0.1, 0.15) is 15.1 Å².